The van der Waals surface area contributed by atoms with E-state index < -0.39 is 120 Å². The maximum atomic E-state index is 14.2. The highest BCUT2D eigenvalue weighted by atomic mass is 16.2. The molecular weight excluding hydrogens is 811 g/mol. The summed E-state index contributed by atoms with van der Waals surface area (Å²) in [4.78, 5) is 129. The second-order valence-electron chi connectivity index (χ2n) is 17.8. The molecule has 9 amide bonds. The molecule has 0 unspecified atom stereocenters. The van der Waals surface area contributed by atoms with Gasteiger partial charge in [0.25, 0.3) is 0 Å². The van der Waals surface area contributed by atoms with Crippen LogP contribution in [0.2, 0.25) is 0 Å². The Morgan fingerprint density at radius 3 is 1.52 bits per heavy atom. The second-order valence-corrected chi connectivity index (χ2v) is 17.8. The molecule has 346 valence electrons. The summed E-state index contributed by atoms with van der Waals surface area (Å²) in [5.41, 5.74) is 0.732. The lowest BCUT2D eigenvalue weighted by Crippen LogP contribution is -2.61. The molecule has 0 bridgehead atoms. The van der Waals surface area contributed by atoms with Crippen molar-refractivity contribution >= 4 is 53.2 Å². The average Bonchev–Trinajstić information content (AvgIpc) is 4.08. The first-order valence-corrected chi connectivity index (χ1v) is 22.8. The topological polar surface area (TPSA) is 236 Å². The summed E-state index contributed by atoms with van der Waals surface area (Å²) in [6.45, 7) is 10.7. The van der Waals surface area contributed by atoms with Crippen LogP contribution in [0.5, 0.6) is 0 Å². The van der Waals surface area contributed by atoms with E-state index in [0.29, 0.717) is 51.4 Å². The summed E-state index contributed by atoms with van der Waals surface area (Å²) in [5.74, 6) is -6.15. The molecule has 4 saturated heterocycles. The fourth-order valence-corrected chi connectivity index (χ4v) is 8.92. The third-order valence-electron chi connectivity index (χ3n) is 13.1. The van der Waals surface area contributed by atoms with E-state index in [9.17, 15) is 43.2 Å². The monoisotopic (exact) mass is 878 g/mol. The lowest BCUT2D eigenvalue weighted by Gasteiger charge is -2.32. The molecule has 0 saturated carbocycles. The minimum atomic E-state index is -1.16. The van der Waals surface area contributed by atoms with Crippen molar-refractivity contribution < 1.29 is 43.2 Å². The number of benzene rings is 1. The zero-order valence-electron chi connectivity index (χ0n) is 37.6. The van der Waals surface area contributed by atoms with Crippen LogP contribution in [0.4, 0.5) is 0 Å². The lowest BCUT2D eigenvalue weighted by atomic mass is 9.95. The Labute approximate surface area is 370 Å². The van der Waals surface area contributed by atoms with Gasteiger partial charge in [-0.05, 0) is 61.8 Å². The molecular formula is C45H67N9O9. The first kappa shape index (κ1) is 48.5. The summed E-state index contributed by atoms with van der Waals surface area (Å²) >= 11 is 0. The fraction of sp³-hybridized carbons (Fsp3) is 0.667. The second kappa shape index (κ2) is 22.2. The maximum Gasteiger partial charge on any atom is 0.246 e. The van der Waals surface area contributed by atoms with Crippen LogP contribution in [-0.2, 0) is 49.6 Å². The van der Waals surface area contributed by atoms with Gasteiger partial charge in [-0.1, -0.05) is 84.7 Å². The molecule has 4 fully saturated rings. The number of nitrogens with one attached hydrogen (secondary N) is 6. The molecule has 18 nitrogen and oxygen atoms in total. The largest absolute Gasteiger partial charge is 0.345 e. The highest BCUT2D eigenvalue weighted by Crippen LogP contribution is 2.26. The molecule has 1 aromatic rings. The van der Waals surface area contributed by atoms with Crippen LogP contribution >= 0.6 is 0 Å². The first-order valence-electron chi connectivity index (χ1n) is 22.8. The Kier molecular flexibility index (Phi) is 17.1. The number of nitrogens with zero attached hydrogens (tertiary/aromatic N) is 3. The van der Waals surface area contributed by atoms with Crippen LogP contribution in [0.15, 0.2) is 30.3 Å². The molecule has 63 heavy (non-hydrogen) atoms. The molecule has 18 heteroatoms. The number of carbonyl (C=O) groups excluding carboxylic acids is 9. The first-order chi connectivity index (χ1) is 30.1. The lowest BCUT2D eigenvalue weighted by molar-refractivity contribution is -0.147. The molecule has 4 aliphatic rings. The maximum absolute atomic E-state index is 14.2. The van der Waals surface area contributed by atoms with Gasteiger partial charge < -0.3 is 46.6 Å². The van der Waals surface area contributed by atoms with Gasteiger partial charge >= 0.3 is 0 Å². The quantitative estimate of drug-likeness (QED) is 0.218. The van der Waals surface area contributed by atoms with E-state index in [2.05, 4.69) is 31.9 Å². The zero-order chi connectivity index (χ0) is 46.0. The van der Waals surface area contributed by atoms with Crippen LogP contribution in [-0.4, -0.2) is 143 Å². The van der Waals surface area contributed by atoms with E-state index in [1.807, 2.05) is 19.9 Å². The number of amides is 9. The SMILES string of the molecule is CC[C@H](C)[C@@H]1NC(=O)[C@H](C(C)C)NC(=O)[C@@H]2CCCN2C(=O)CNC(=O)[C@H]([C@@H](C)CC)NC(=O)[C@@H]2CCCN2C(=O)[C@@H]2CCCN2C(=O)CNC(=O)[C@H](Cc2ccccc2)NC1=O. The van der Waals surface area contributed by atoms with Gasteiger partial charge in [0.2, 0.25) is 53.2 Å². The minimum absolute atomic E-state index is 0.0668. The Hall–Kier alpha value is -5.55. The Bertz CT molecular complexity index is 1860. The molecule has 5 rings (SSSR count). The number of rotatable bonds is 7. The van der Waals surface area contributed by atoms with Gasteiger partial charge in [0.1, 0.15) is 42.3 Å². The predicted octanol–water partition coefficient (Wildman–Crippen LogP) is 0.136. The van der Waals surface area contributed by atoms with Crippen LogP contribution in [0.1, 0.15) is 98.5 Å². The Morgan fingerprint density at radius 1 is 0.524 bits per heavy atom. The third kappa shape index (κ3) is 11.9. The van der Waals surface area contributed by atoms with E-state index in [4.69, 9.17) is 0 Å². The number of carbonyl (C=O) groups is 9. The summed E-state index contributed by atoms with van der Waals surface area (Å²) in [6.07, 6.45) is 3.69. The number of hydrogen-bond acceptors (Lipinski definition) is 9. The van der Waals surface area contributed by atoms with Gasteiger partial charge in [-0.25, -0.2) is 0 Å². The van der Waals surface area contributed by atoms with Crippen LogP contribution in [0, 0.1) is 17.8 Å². The van der Waals surface area contributed by atoms with Crippen molar-refractivity contribution in [2.45, 2.75) is 142 Å². The summed E-state index contributed by atoms with van der Waals surface area (Å²) in [6, 6.07) is 1.94. The molecule has 0 aromatic heterocycles. The molecule has 0 radical (unpaired) electrons. The standard InChI is InChI=1S/C45H67N9O9/c1-7-27(5)37-42(60)47-25-34(55)52-20-12-17-31(52)40(58)49-36(26(3)4)43(61)51-38(28(6)8-2)44(62)48-30(23-29-15-10-9-11-16-29)39(57)46-24-35(56)53-21-14-19-33(53)45(63)54-22-13-18-32(54)41(59)50-37/h9-11,15-16,26-28,30-33,36-38H,7-8,12-14,17-25H2,1-6H3,(H,46,57)(H,47,60)(H,48,62)(H,49,58)(H,50,59)(H,51,61)/t27-,28-,30-,31-,32-,33-,36-,37-,38-/m0/s1. The normalized spacial score (nSPS) is 28.8. The predicted molar refractivity (Wildman–Crippen MR) is 232 cm³/mol. The highest BCUT2D eigenvalue weighted by molar-refractivity contribution is 5.99. The van der Waals surface area contributed by atoms with E-state index in [1.54, 1.807) is 52.0 Å². The van der Waals surface area contributed by atoms with Gasteiger partial charge in [-0.3, -0.25) is 43.2 Å². The Morgan fingerprint density at radius 2 is 0.968 bits per heavy atom. The third-order valence-corrected chi connectivity index (χ3v) is 13.1. The van der Waals surface area contributed by atoms with E-state index in [0.717, 1.165) is 5.56 Å². The van der Waals surface area contributed by atoms with Crippen LogP contribution in [0.3, 0.4) is 0 Å². The summed E-state index contributed by atoms with van der Waals surface area (Å²) < 4.78 is 0. The van der Waals surface area contributed by atoms with Gasteiger partial charge in [-0.15, -0.1) is 0 Å². The molecule has 0 aliphatic carbocycles. The van der Waals surface area contributed by atoms with Crippen molar-refractivity contribution in [2.24, 2.45) is 17.8 Å². The minimum Gasteiger partial charge on any atom is -0.345 e. The van der Waals surface area contributed by atoms with Crippen molar-refractivity contribution in [3.05, 3.63) is 35.9 Å². The van der Waals surface area contributed by atoms with Crippen molar-refractivity contribution in [1.82, 2.24) is 46.6 Å². The van der Waals surface area contributed by atoms with E-state index in [1.165, 1.54) is 14.7 Å². The van der Waals surface area contributed by atoms with Crippen molar-refractivity contribution in [2.75, 3.05) is 32.7 Å². The van der Waals surface area contributed by atoms with Crippen molar-refractivity contribution in [3.63, 3.8) is 0 Å². The molecule has 0 spiro atoms. The zero-order valence-corrected chi connectivity index (χ0v) is 37.6. The number of fused-ring (bicyclic) bond motifs is 3. The van der Waals surface area contributed by atoms with Crippen LogP contribution in [0.25, 0.3) is 0 Å². The number of hydrogen-bond donors (Lipinski definition) is 6. The smallest absolute Gasteiger partial charge is 0.246 e. The molecule has 1 aromatic carbocycles. The van der Waals surface area contributed by atoms with Crippen LogP contribution < -0.4 is 31.9 Å². The van der Waals surface area contributed by atoms with Gasteiger partial charge in [0, 0.05) is 26.1 Å². The van der Waals surface area contributed by atoms with Crippen molar-refractivity contribution in [3.8, 4) is 0 Å². The Balaban J connectivity index is 1.46. The molecule has 9 atom stereocenters. The van der Waals surface area contributed by atoms with E-state index >= 15 is 0 Å². The summed E-state index contributed by atoms with van der Waals surface area (Å²) in [5, 5.41) is 16.6. The highest BCUT2D eigenvalue weighted by Gasteiger charge is 2.44. The van der Waals surface area contributed by atoms with Gasteiger partial charge in [-0.2, -0.15) is 0 Å². The van der Waals surface area contributed by atoms with Gasteiger partial charge in [0.15, 0.2) is 0 Å². The average molecular weight is 878 g/mol. The van der Waals surface area contributed by atoms with E-state index in [-0.39, 0.29) is 32.0 Å². The molecule has 4 heterocycles. The van der Waals surface area contributed by atoms with Gasteiger partial charge in [0.05, 0.1) is 13.1 Å². The fourth-order valence-electron chi connectivity index (χ4n) is 8.92. The molecule has 4 aliphatic heterocycles. The van der Waals surface area contributed by atoms with Crippen molar-refractivity contribution in [1.29, 1.82) is 0 Å². The molecule has 6 N–H and O–H groups in total. The summed E-state index contributed by atoms with van der Waals surface area (Å²) in [7, 11) is 0.